The Bertz CT molecular complexity index is 1360. The normalized spacial score (nSPS) is 15.1. The fourth-order valence-electron chi connectivity index (χ4n) is 4.52. The molecule has 1 aromatic carbocycles. The van der Waals surface area contributed by atoms with E-state index in [1.807, 2.05) is 45.3 Å². The number of pyridine rings is 1. The number of rotatable bonds is 4. The van der Waals surface area contributed by atoms with Crippen molar-refractivity contribution in [2.75, 3.05) is 25.9 Å². The predicted molar refractivity (Wildman–Crippen MR) is 135 cm³/mol. The molecule has 0 aliphatic carbocycles. The molecule has 2 aromatic heterocycles. The first-order valence-corrected chi connectivity index (χ1v) is 11.8. The molecule has 1 amide bonds. The lowest BCUT2D eigenvalue weighted by Crippen LogP contribution is -2.50. The Hall–Kier alpha value is -3.33. The van der Waals surface area contributed by atoms with Crippen molar-refractivity contribution in [1.82, 2.24) is 19.4 Å². The molecule has 35 heavy (non-hydrogen) atoms. The Morgan fingerprint density at radius 2 is 1.97 bits per heavy atom. The van der Waals surface area contributed by atoms with E-state index in [-0.39, 0.29) is 34.7 Å². The van der Waals surface area contributed by atoms with Crippen molar-refractivity contribution in [1.29, 1.82) is 0 Å². The number of benzene rings is 1. The van der Waals surface area contributed by atoms with Gasteiger partial charge in [0, 0.05) is 47.4 Å². The van der Waals surface area contributed by atoms with Crippen LogP contribution in [-0.2, 0) is 4.74 Å². The second-order valence-electron chi connectivity index (χ2n) is 9.82. The number of nitrogens with zero attached hydrogens (tertiary/aromatic N) is 4. The summed E-state index contributed by atoms with van der Waals surface area (Å²) in [6.45, 7) is 10.5. The number of nitrogen functional groups attached to an aromatic ring is 1. The molecule has 10 heteroatoms. The van der Waals surface area contributed by atoms with Gasteiger partial charge in [-0.25, -0.2) is 14.8 Å². The van der Waals surface area contributed by atoms with Crippen LogP contribution in [0, 0.1) is 6.92 Å². The number of hydrogen-bond acceptors (Lipinski definition) is 7. The number of halogens is 1. The van der Waals surface area contributed by atoms with Crippen LogP contribution < -0.4 is 15.9 Å². The Kier molecular flexibility index (Phi) is 6.40. The zero-order valence-electron chi connectivity index (χ0n) is 20.8. The zero-order valence-corrected chi connectivity index (χ0v) is 21.5. The summed E-state index contributed by atoms with van der Waals surface area (Å²) in [5, 5.41) is 0.865. The Morgan fingerprint density at radius 1 is 1.29 bits per heavy atom. The molecule has 0 saturated carbocycles. The van der Waals surface area contributed by atoms with Gasteiger partial charge in [-0.2, -0.15) is 0 Å². The standard InChI is InChI=1S/C25H30ClN5O4/c1-13-17(26)9-16(14(2)31-8-7-18(32)20-22(27)28-12-29-23(20)31)21(34-6)19(13)15-10-30(11-15)24(33)35-25(3,4)5/h7-9,12,14-15H,10-11H2,1-6H3,(H2,27,28,29). The van der Waals surface area contributed by atoms with Gasteiger partial charge in [0.25, 0.3) is 0 Å². The number of carbonyl (C=O) groups excluding carboxylic acids is 1. The van der Waals surface area contributed by atoms with Crippen LogP contribution in [-0.4, -0.2) is 51.3 Å². The lowest BCUT2D eigenvalue weighted by molar-refractivity contribution is 0.00793. The van der Waals surface area contributed by atoms with Gasteiger partial charge in [-0.15, -0.1) is 0 Å². The van der Waals surface area contributed by atoms with Crippen molar-refractivity contribution < 1.29 is 14.3 Å². The monoisotopic (exact) mass is 499 g/mol. The highest BCUT2D eigenvalue weighted by molar-refractivity contribution is 6.31. The number of likely N-dealkylation sites (tertiary alicyclic amines) is 1. The molecular weight excluding hydrogens is 470 g/mol. The third kappa shape index (κ3) is 4.52. The van der Waals surface area contributed by atoms with E-state index in [0.717, 1.165) is 16.7 Å². The third-order valence-electron chi connectivity index (χ3n) is 6.30. The van der Waals surface area contributed by atoms with Crippen molar-refractivity contribution in [2.24, 2.45) is 0 Å². The van der Waals surface area contributed by atoms with Gasteiger partial charge in [0.1, 0.15) is 34.5 Å². The fourth-order valence-corrected chi connectivity index (χ4v) is 4.74. The summed E-state index contributed by atoms with van der Waals surface area (Å²) in [5.41, 5.74) is 8.30. The van der Waals surface area contributed by atoms with E-state index >= 15 is 0 Å². The highest BCUT2D eigenvalue weighted by Crippen LogP contribution is 2.44. The van der Waals surface area contributed by atoms with Crippen LogP contribution in [0.15, 0.2) is 29.5 Å². The molecule has 2 N–H and O–H groups in total. The topological polar surface area (TPSA) is 113 Å². The first-order chi connectivity index (χ1) is 16.4. The van der Waals surface area contributed by atoms with Crippen molar-refractivity contribution in [2.45, 2.75) is 52.2 Å². The van der Waals surface area contributed by atoms with Crippen LogP contribution in [0.5, 0.6) is 5.75 Å². The minimum Gasteiger partial charge on any atom is -0.496 e. The SMILES string of the molecule is COc1c(C(C)n2ccc(=O)c3c(N)ncnc32)cc(Cl)c(C)c1C1CN(C(=O)OC(C)(C)C)C1. The van der Waals surface area contributed by atoms with Gasteiger partial charge in [0.2, 0.25) is 0 Å². The number of carbonyl (C=O) groups is 1. The van der Waals surface area contributed by atoms with E-state index < -0.39 is 5.60 Å². The summed E-state index contributed by atoms with van der Waals surface area (Å²) in [7, 11) is 1.62. The quantitative estimate of drug-likeness (QED) is 0.569. The maximum Gasteiger partial charge on any atom is 0.410 e. The summed E-state index contributed by atoms with van der Waals surface area (Å²) >= 11 is 6.69. The second kappa shape index (κ2) is 9.03. The Balaban J connectivity index is 1.74. The van der Waals surface area contributed by atoms with Crippen LogP contribution in [0.3, 0.4) is 0 Å². The van der Waals surface area contributed by atoms with Gasteiger partial charge < -0.3 is 24.7 Å². The molecule has 1 unspecified atom stereocenters. The zero-order chi connectivity index (χ0) is 25.7. The summed E-state index contributed by atoms with van der Waals surface area (Å²) < 4.78 is 13.3. The minimum absolute atomic E-state index is 0.0471. The first kappa shape index (κ1) is 24.8. The first-order valence-electron chi connectivity index (χ1n) is 11.4. The molecule has 0 radical (unpaired) electrons. The minimum atomic E-state index is -0.555. The van der Waals surface area contributed by atoms with Crippen LogP contribution in [0.25, 0.3) is 11.0 Å². The molecular formula is C25H30ClN5O4. The Labute approximate surface area is 208 Å². The van der Waals surface area contributed by atoms with Gasteiger partial charge in [0.15, 0.2) is 5.43 Å². The number of nitrogens with two attached hydrogens (primary N) is 1. The maximum absolute atomic E-state index is 12.5. The Morgan fingerprint density at radius 3 is 2.60 bits per heavy atom. The molecule has 0 spiro atoms. The second-order valence-corrected chi connectivity index (χ2v) is 10.2. The predicted octanol–water partition coefficient (Wildman–Crippen LogP) is 4.29. The molecule has 1 fully saturated rings. The maximum atomic E-state index is 12.5. The van der Waals surface area contributed by atoms with Crippen LogP contribution >= 0.6 is 11.6 Å². The van der Waals surface area contributed by atoms with E-state index in [9.17, 15) is 9.59 Å². The largest absolute Gasteiger partial charge is 0.496 e. The highest BCUT2D eigenvalue weighted by atomic mass is 35.5. The molecule has 186 valence electrons. The van der Waals surface area contributed by atoms with Gasteiger partial charge in [-0.1, -0.05) is 11.6 Å². The van der Waals surface area contributed by atoms with E-state index in [4.69, 9.17) is 26.8 Å². The molecule has 3 aromatic rings. The number of hydrogen-bond donors (Lipinski definition) is 1. The molecule has 1 saturated heterocycles. The summed E-state index contributed by atoms with van der Waals surface area (Å²) in [6, 6.07) is 3.04. The van der Waals surface area contributed by atoms with Crippen molar-refractivity contribution in [3.05, 3.63) is 56.6 Å². The summed E-state index contributed by atoms with van der Waals surface area (Å²) in [5.74, 6) is 0.876. The van der Waals surface area contributed by atoms with Crippen LogP contribution in [0.4, 0.5) is 10.6 Å². The number of aromatic nitrogens is 3. The number of anilines is 1. The van der Waals surface area contributed by atoms with Crippen molar-refractivity contribution >= 4 is 34.5 Å². The molecule has 4 rings (SSSR count). The van der Waals surface area contributed by atoms with Gasteiger partial charge in [0.05, 0.1) is 13.2 Å². The van der Waals surface area contributed by atoms with Gasteiger partial charge in [-0.3, -0.25) is 4.79 Å². The van der Waals surface area contributed by atoms with E-state index in [0.29, 0.717) is 29.5 Å². The summed E-state index contributed by atoms with van der Waals surface area (Å²) in [4.78, 5) is 34.9. The highest BCUT2D eigenvalue weighted by Gasteiger charge is 2.38. The average molecular weight is 500 g/mol. The number of fused-ring (bicyclic) bond motifs is 1. The van der Waals surface area contributed by atoms with Gasteiger partial charge >= 0.3 is 6.09 Å². The summed E-state index contributed by atoms with van der Waals surface area (Å²) in [6.07, 6.45) is 2.69. The average Bonchev–Trinajstić information content (AvgIpc) is 2.74. The van der Waals surface area contributed by atoms with Gasteiger partial charge in [-0.05, 0) is 46.2 Å². The number of methoxy groups -OCH3 is 1. The van der Waals surface area contributed by atoms with E-state index in [2.05, 4.69) is 9.97 Å². The lowest BCUT2D eigenvalue weighted by atomic mass is 9.85. The molecule has 9 nitrogen and oxygen atoms in total. The van der Waals surface area contributed by atoms with Crippen LogP contribution in [0.2, 0.25) is 5.02 Å². The lowest BCUT2D eigenvalue weighted by Gasteiger charge is -2.41. The van der Waals surface area contributed by atoms with Crippen molar-refractivity contribution in [3.63, 3.8) is 0 Å². The molecule has 3 heterocycles. The fraction of sp³-hybridized carbons (Fsp3) is 0.440. The number of amides is 1. The van der Waals surface area contributed by atoms with E-state index in [1.54, 1.807) is 18.2 Å². The molecule has 1 atom stereocenters. The molecule has 0 bridgehead atoms. The third-order valence-corrected chi connectivity index (χ3v) is 6.69. The van der Waals surface area contributed by atoms with Crippen molar-refractivity contribution in [3.8, 4) is 5.75 Å². The number of ether oxygens (including phenoxy) is 2. The van der Waals surface area contributed by atoms with Crippen LogP contribution in [0.1, 0.15) is 56.3 Å². The molecule has 1 aliphatic heterocycles. The van der Waals surface area contributed by atoms with E-state index in [1.165, 1.54) is 12.4 Å². The molecule has 1 aliphatic rings. The smallest absolute Gasteiger partial charge is 0.410 e.